The highest BCUT2D eigenvalue weighted by Gasteiger charge is 2.47. The van der Waals surface area contributed by atoms with E-state index in [9.17, 15) is 4.79 Å². The molecule has 0 aromatic carbocycles. The Morgan fingerprint density at radius 1 is 1.04 bits per heavy atom. The molecule has 1 aliphatic carbocycles. The Bertz CT molecular complexity index is 585. The third-order valence-electron chi connectivity index (χ3n) is 6.64. The summed E-state index contributed by atoms with van der Waals surface area (Å²) < 4.78 is 0. The molecule has 1 amide bonds. The van der Waals surface area contributed by atoms with Gasteiger partial charge in [0.1, 0.15) is 5.54 Å². The molecule has 0 radical (unpaired) electrons. The molecule has 1 N–H and O–H groups in total. The van der Waals surface area contributed by atoms with E-state index in [1.807, 2.05) is 12.4 Å². The molecule has 26 heavy (non-hydrogen) atoms. The molecule has 2 saturated heterocycles. The van der Waals surface area contributed by atoms with Gasteiger partial charge in [0, 0.05) is 38.1 Å². The van der Waals surface area contributed by atoms with Gasteiger partial charge in [0.25, 0.3) is 0 Å². The van der Waals surface area contributed by atoms with Gasteiger partial charge in [-0.15, -0.1) is 0 Å². The van der Waals surface area contributed by atoms with Crippen LogP contribution >= 0.6 is 0 Å². The molecule has 0 spiro atoms. The van der Waals surface area contributed by atoms with E-state index in [1.165, 1.54) is 31.2 Å². The predicted molar refractivity (Wildman–Crippen MR) is 103 cm³/mol. The average molecular weight is 357 g/mol. The fourth-order valence-corrected chi connectivity index (χ4v) is 5.09. The van der Waals surface area contributed by atoms with Gasteiger partial charge in [-0.05, 0) is 69.3 Å². The van der Waals surface area contributed by atoms with Crippen LogP contribution in [0.15, 0.2) is 24.5 Å². The number of likely N-dealkylation sites (tertiary alicyclic amines) is 2. The van der Waals surface area contributed by atoms with E-state index in [-0.39, 0.29) is 5.54 Å². The van der Waals surface area contributed by atoms with Crippen molar-refractivity contribution >= 4 is 5.91 Å². The lowest BCUT2D eigenvalue weighted by Gasteiger charge is -2.40. The maximum Gasteiger partial charge on any atom is 0.240 e. The predicted octanol–water partition coefficient (Wildman–Crippen LogP) is 2.57. The lowest BCUT2D eigenvalue weighted by atomic mass is 9.92. The van der Waals surface area contributed by atoms with Crippen molar-refractivity contribution in [1.29, 1.82) is 0 Å². The molecule has 3 fully saturated rings. The van der Waals surface area contributed by atoms with Crippen LogP contribution in [0.5, 0.6) is 0 Å². The standard InChI is InChI=1S/C21H32N4O/c26-20(21(9-1-2-10-21)25-13-3-4-14-25)23-19-7-15-24(16-8-19)17-18-5-11-22-12-6-18/h5-6,11-12,19H,1-4,7-10,13-17H2,(H,23,26). The molecule has 5 heteroatoms. The van der Waals surface area contributed by atoms with Gasteiger partial charge >= 0.3 is 0 Å². The Labute approximate surface area is 157 Å². The van der Waals surface area contributed by atoms with Crippen molar-refractivity contribution in [1.82, 2.24) is 20.1 Å². The summed E-state index contributed by atoms with van der Waals surface area (Å²) in [6.45, 7) is 5.32. The van der Waals surface area contributed by atoms with Crippen molar-refractivity contribution in [2.75, 3.05) is 26.2 Å². The SMILES string of the molecule is O=C(NC1CCN(Cc2ccncc2)CC1)C1(N2CCCC2)CCCC1. The van der Waals surface area contributed by atoms with Crippen LogP contribution in [0.2, 0.25) is 0 Å². The maximum absolute atomic E-state index is 13.2. The van der Waals surface area contributed by atoms with Gasteiger partial charge in [0.2, 0.25) is 5.91 Å². The van der Waals surface area contributed by atoms with Crippen LogP contribution in [0.1, 0.15) is 56.9 Å². The minimum atomic E-state index is -0.190. The lowest BCUT2D eigenvalue weighted by Crippen LogP contribution is -2.59. The number of hydrogen-bond acceptors (Lipinski definition) is 4. The average Bonchev–Trinajstić information content (AvgIpc) is 3.37. The first kappa shape index (κ1) is 17.9. The van der Waals surface area contributed by atoms with Gasteiger partial charge in [-0.25, -0.2) is 0 Å². The Balaban J connectivity index is 1.30. The molecule has 0 unspecified atom stereocenters. The molecule has 1 saturated carbocycles. The fraction of sp³-hybridized carbons (Fsp3) is 0.714. The molecule has 5 nitrogen and oxygen atoms in total. The van der Waals surface area contributed by atoms with Crippen LogP contribution < -0.4 is 5.32 Å². The van der Waals surface area contributed by atoms with E-state index in [0.29, 0.717) is 11.9 Å². The number of rotatable bonds is 5. The van der Waals surface area contributed by atoms with Crippen LogP contribution in [0.4, 0.5) is 0 Å². The third-order valence-corrected chi connectivity index (χ3v) is 6.64. The number of nitrogens with one attached hydrogen (secondary N) is 1. The molecule has 2 aliphatic heterocycles. The highest BCUT2D eigenvalue weighted by molar-refractivity contribution is 5.87. The largest absolute Gasteiger partial charge is 0.352 e. The van der Waals surface area contributed by atoms with Gasteiger partial charge in [-0.3, -0.25) is 19.6 Å². The second-order valence-corrected chi connectivity index (χ2v) is 8.31. The first-order valence-electron chi connectivity index (χ1n) is 10.4. The van der Waals surface area contributed by atoms with Gasteiger partial charge in [-0.2, -0.15) is 0 Å². The smallest absolute Gasteiger partial charge is 0.240 e. The summed E-state index contributed by atoms with van der Waals surface area (Å²) in [5.41, 5.74) is 1.13. The summed E-state index contributed by atoms with van der Waals surface area (Å²) >= 11 is 0. The fourth-order valence-electron chi connectivity index (χ4n) is 5.09. The third kappa shape index (κ3) is 3.79. The number of nitrogens with zero attached hydrogens (tertiary/aromatic N) is 3. The summed E-state index contributed by atoms with van der Waals surface area (Å²) in [5.74, 6) is 0.324. The first-order chi connectivity index (χ1) is 12.8. The second kappa shape index (κ2) is 8.05. The van der Waals surface area contributed by atoms with E-state index >= 15 is 0 Å². The van der Waals surface area contributed by atoms with Crippen molar-refractivity contribution in [2.24, 2.45) is 0 Å². The number of carbonyl (C=O) groups is 1. The van der Waals surface area contributed by atoms with E-state index in [4.69, 9.17) is 0 Å². The zero-order valence-corrected chi connectivity index (χ0v) is 15.8. The van der Waals surface area contributed by atoms with Crippen LogP contribution in [0.3, 0.4) is 0 Å². The Hall–Kier alpha value is -1.46. The highest BCUT2D eigenvalue weighted by atomic mass is 16.2. The van der Waals surface area contributed by atoms with Gasteiger partial charge in [0.15, 0.2) is 0 Å². The number of aromatic nitrogens is 1. The molecular weight excluding hydrogens is 324 g/mol. The van der Waals surface area contributed by atoms with Crippen LogP contribution in [-0.2, 0) is 11.3 Å². The Morgan fingerprint density at radius 2 is 1.69 bits per heavy atom. The quantitative estimate of drug-likeness (QED) is 0.881. The van der Waals surface area contributed by atoms with E-state index in [0.717, 1.165) is 58.4 Å². The Morgan fingerprint density at radius 3 is 2.35 bits per heavy atom. The van der Waals surface area contributed by atoms with Crippen molar-refractivity contribution in [2.45, 2.75) is 69.5 Å². The summed E-state index contributed by atoms with van der Waals surface area (Å²) in [7, 11) is 0. The number of amides is 1. The van der Waals surface area contributed by atoms with Crippen LogP contribution in [0.25, 0.3) is 0 Å². The minimum Gasteiger partial charge on any atom is -0.352 e. The number of hydrogen-bond donors (Lipinski definition) is 1. The van der Waals surface area contributed by atoms with Gasteiger partial charge < -0.3 is 5.32 Å². The topological polar surface area (TPSA) is 48.5 Å². The normalized spacial score (nSPS) is 24.8. The Kier molecular flexibility index (Phi) is 5.55. The van der Waals surface area contributed by atoms with Crippen molar-refractivity contribution < 1.29 is 4.79 Å². The molecule has 3 heterocycles. The summed E-state index contributed by atoms with van der Waals surface area (Å²) in [5, 5.41) is 3.45. The zero-order valence-electron chi connectivity index (χ0n) is 15.8. The highest BCUT2D eigenvalue weighted by Crippen LogP contribution is 2.38. The lowest BCUT2D eigenvalue weighted by molar-refractivity contribution is -0.134. The first-order valence-corrected chi connectivity index (χ1v) is 10.4. The summed E-state index contributed by atoms with van der Waals surface area (Å²) in [6.07, 6.45) is 12.9. The second-order valence-electron chi connectivity index (χ2n) is 8.31. The molecule has 1 aromatic heterocycles. The van der Waals surface area contributed by atoms with Crippen LogP contribution in [-0.4, -0.2) is 58.5 Å². The van der Waals surface area contributed by atoms with E-state index < -0.39 is 0 Å². The number of carbonyl (C=O) groups excluding carboxylic acids is 1. The van der Waals surface area contributed by atoms with Gasteiger partial charge in [0.05, 0.1) is 0 Å². The monoisotopic (exact) mass is 356 g/mol. The molecule has 4 rings (SSSR count). The van der Waals surface area contributed by atoms with Crippen molar-refractivity contribution in [3.63, 3.8) is 0 Å². The van der Waals surface area contributed by atoms with Crippen molar-refractivity contribution in [3.8, 4) is 0 Å². The van der Waals surface area contributed by atoms with E-state index in [2.05, 4.69) is 32.2 Å². The molecule has 1 aromatic rings. The van der Waals surface area contributed by atoms with Crippen molar-refractivity contribution in [3.05, 3.63) is 30.1 Å². The molecule has 0 bridgehead atoms. The molecule has 3 aliphatic rings. The summed E-state index contributed by atoms with van der Waals surface area (Å²) in [6, 6.07) is 4.53. The number of piperidine rings is 1. The zero-order chi connectivity index (χ0) is 17.8. The van der Waals surface area contributed by atoms with E-state index in [1.54, 1.807) is 0 Å². The molecular formula is C21H32N4O. The maximum atomic E-state index is 13.2. The van der Waals surface area contributed by atoms with Gasteiger partial charge in [-0.1, -0.05) is 12.8 Å². The summed E-state index contributed by atoms with van der Waals surface area (Å²) in [4.78, 5) is 22.3. The molecule has 142 valence electrons. The number of pyridine rings is 1. The minimum absolute atomic E-state index is 0.190. The molecule has 0 atom stereocenters. The van der Waals surface area contributed by atoms with Crippen LogP contribution in [0, 0.1) is 0 Å².